The van der Waals surface area contributed by atoms with Crippen molar-refractivity contribution in [2.45, 2.75) is 45.1 Å². The van der Waals surface area contributed by atoms with E-state index in [0.29, 0.717) is 32.6 Å². The summed E-state index contributed by atoms with van der Waals surface area (Å²) >= 11 is 0. The van der Waals surface area contributed by atoms with Crippen molar-refractivity contribution in [3.05, 3.63) is 60.7 Å². The number of hydrogen-bond acceptors (Lipinski definition) is 4. The van der Waals surface area contributed by atoms with Crippen molar-refractivity contribution in [1.82, 2.24) is 4.90 Å². The molecule has 2 amide bonds. The number of amides is 2. The summed E-state index contributed by atoms with van der Waals surface area (Å²) in [4.78, 5) is 24.9. The van der Waals surface area contributed by atoms with Crippen molar-refractivity contribution < 1.29 is 18.8 Å². The maximum absolute atomic E-state index is 12.2. The zero-order chi connectivity index (χ0) is 21.6. The molecule has 0 spiro atoms. The van der Waals surface area contributed by atoms with Crippen LogP contribution in [0.2, 0.25) is 5.04 Å². The maximum atomic E-state index is 12.2. The minimum atomic E-state index is -2.53. The molecule has 0 aromatic heterocycles. The topological polar surface area (TPSA) is 55.8 Å². The zero-order valence-corrected chi connectivity index (χ0v) is 19.1. The molecular weight excluding hydrogens is 394 g/mol. The third-order valence-corrected chi connectivity index (χ3v) is 10.6. The fraction of sp³-hybridized carbons (Fsp3) is 0.417. The van der Waals surface area contributed by atoms with Gasteiger partial charge in [0.15, 0.2) is 0 Å². The van der Waals surface area contributed by atoms with Gasteiger partial charge in [0.05, 0.1) is 6.54 Å². The first-order valence-electron chi connectivity index (χ1n) is 10.6. The molecule has 160 valence electrons. The number of nitrogens with zero attached hydrogens (tertiary/aromatic N) is 1. The van der Waals surface area contributed by atoms with E-state index in [0.717, 1.165) is 6.42 Å². The van der Waals surface area contributed by atoms with Crippen LogP contribution in [-0.2, 0) is 14.0 Å². The van der Waals surface area contributed by atoms with E-state index in [2.05, 4.69) is 69.3 Å². The lowest BCUT2D eigenvalue weighted by molar-refractivity contribution is -0.127. The number of benzene rings is 2. The number of carbonyl (C=O) groups excluding carboxylic acids is 2. The minimum absolute atomic E-state index is 0.0646. The predicted octanol–water partition coefficient (Wildman–Crippen LogP) is 3.71. The Kier molecular flexibility index (Phi) is 7.10. The highest BCUT2D eigenvalue weighted by molar-refractivity contribution is 6.99. The number of cyclic esters (lactones) is 1. The maximum Gasteiger partial charge on any atom is 0.416 e. The Morgan fingerprint density at radius 3 is 2.03 bits per heavy atom. The average Bonchev–Trinajstić information content (AvgIpc) is 3.17. The summed E-state index contributed by atoms with van der Waals surface area (Å²) in [6.07, 6.45) is 1.25. The highest BCUT2D eigenvalue weighted by atomic mass is 28.4. The molecule has 30 heavy (non-hydrogen) atoms. The van der Waals surface area contributed by atoms with Crippen LogP contribution in [0.1, 0.15) is 40.0 Å². The summed E-state index contributed by atoms with van der Waals surface area (Å²) in [5.41, 5.74) is 0. The van der Waals surface area contributed by atoms with Gasteiger partial charge in [0, 0.05) is 13.0 Å². The molecule has 3 rings (SSSR count). The largest absolute Gasteiger partial charge is 0.447 e. The molecule has 0 radical (unpaired) electrons. The van der Waals surface area contributed by atoms with Crippen LogP contribution >= 0.6 is 0 Å². The second-order valence-corrected chi connectivity index (χ2v) is 12.9. The fourth-order valence-corrected chi connectivity index (χ4v) is 8.73. The van der Waals surface area contributed by atoms with Crippen LogP contribution in [0.3, 0.4) is 0 Å². The molecule has 2 aromatic carbocycles. The van der Waals surface area contributed by atoms with Gasteiger partial charge >= 0.3 is 6.09 Å². The summed E-state index contributed by atoms with van der Waals surface area (Å²) in [6, 6.07) is 21.0. The molecule has 1 aliphatic rings. The average molecular weight is 426 g/mol. The van der Waals surface area contributed by atoms with E-state index in [-0.39, 0.29) is 10.9 Å². The SMILES string of the molecule is CC(C)(C)[Si](OCCCCC(=O)N1CCOC1=O)(c1ccccc1)c1ccccc1. The van der Waals surface area contributed by atoms with Gasteiger partial charge in [-0.15, -0.1) is 0 Å². The quantitative estimate of drug-likeness (QED) is 0.478. The van der Waals surface area contributed by atoms with Gasteiger partial charge in [0.1, 0.15) is 6.61 Å². The Balaban J connectivity index is 1.72. The highest BCUT2D eigenvalue weighted by Crippen LogP contribution is 2.36. The monoisotopic (exact) mass is 425 g/mol. The van der Waals surface area contributed by atoms with Gasteiger partial charge < -0.3 is 9.16 Å². The summed E-state index contributed by atoms with van der Waals surface area (Å²) in [5, 5.41) is 2.43. The summed E-state index contributed by atoms with van der Waals surface area (Å²) in [7, 11) is -2.53. The van der Waals surface area contributed by atoms with E-state index < -0.39 is 14.4 Å². The zero-order valence-electron chi connectivity index (χ0n) is 18.1. The number of hydrogen-bond donors (Lipinski definition) is 0. The molecule has 2 aromatic rings. The third kappa shape index (κ3) is 4.65. The molecule has 0 bridgehead atoms. The fourth-order valence-electron chi connectivity index (χ4n) is 4.12. The van der Waals surface area contributed by atoms with Gasteiger partial charge in [-0.25, -0.2) is 9.69 Å². The van der Waals surface area contributed by atoms with Crippen LogP contribution in [0.4, 0.5) is 4.79 Å². The van der Waals surface area contributed by atoms with Crippen molar-refractivity contribution in [3.8, 4) is 0 Å². The first-order valence-corrected chi connectivity index (χ1v) is 12.5. The number of carbonyl (C=O) groups is 2. The first-order chi connectivity index (χ1) is 14.4. The number of unbranched alkanes of at least 4 members (excludes halogenated alkanes) is 1. The Hall–Kier alpha value is -2.44. The molecule has 1 saturated heterocycles. The van der Waals surface area contributed by atoms with Gasteiger partial charge in [-0.2, -0.15) is 0 Å². The van der Waals surface area contributed by atoms with Gasteiger partial charge in [-0.05, 0) is 28.3 Å². The van der Waals surface area contributed by atoms with E-state index >= 15 is 0 Å². The van der Waals surface area contributed by atoms with Crippen LogP contribution in [0, 0.1) is 0 Å². The van der Waals surface area contributed by atoms with Crippen molar-refractivity contribution in [2.24, 2.45) is 0 Å². The molecule has 0 saturated carbocycles. The summed E-state index contributed by atoms with van der Waals surface area (Å²) < 4.78 is 11.7. The van der Waals surface area contributed by atoms with Crippen molar-refractivity contribution in [3.63, 3.8) is 0 Å². The first kappa shape index (κ1) is 22.2. The van der Waals surface area contributed by atoms with Crippen LogP contribution in [0.5, 0.6) is 0 Å². The Bertz CT molecular complexity index is 809. The summed E-state index contributed by atoms with van der Waals surface area (Å²) in [6.45, 7) is 7.98. The van der Waals surface area contributed by atoms with E-state index in [1.165, 1.54) is 15.3 Å². The molecule has 5 nitrogen and oxygen atoms in total. The second-order valence-electron chi connectivity index (χ2n) is 8.63. The molecule has 0 unspecified atom stereocenters. The van der Waals surface area contributed by atoms with E-state index in [4.69, 9.17) is 9.16 Å². The smallest absolute Gasteiger partial charge is 0.416 e. The number of ether oxygens (including phenoxy) is 1. The number of rotatable bonds is 8. The molecular formula is C24H31NO4Si. The van der Waals surface area contributed by atoms with Crippen molar-refractivity contribution in [1.29, 1.82) is 0 Å². The Labute approximate surface area is 180 Å². The summed E-state index contributed by atoms with van der Waals surface area (Å²) in [5.74, 6) is -0.164. The second kappa shape index (κ2) is 9.58. The van der Waals surface area contributed by atoms with Crippen LogP contribution in [0.15, 0.2) is 60.7 Å². The molecule has 0 N–H and O–H groups in total. The van der Waals surface area contributed by atoms with Gasteiger partial charge in [0.2, 0.25) is 5.91 Å². The lowest BCUT2D eigenvalue weighted by atomic mass is 10.2. The molecule has 6 heteroatoms. The van der Waals surface area contributed by atoms with E-state index in [1.54, 1.807) is 0 Å². The predicted molar refractivity (Wildman–Crippen MR) is 120 cm³/mol. The lowest BCUT2D eigenvalue weighted by Gasteiger charge is -2.43. The van der Waals surface area contributed by atoms with Gasteiger partial charge in [-0.3, -0.25) is 4.79 Å². The van der Waals surface area contributed by atoms with Crippen molar-refractivity contribution in [2.75, 3.05) is 19.8 Å². The number of imide groups is 1. The Morgan fingerprint density at radius 2 is 1.57 bits per heavy atom. The van der Waals surface area contributed by atoms with Crippen molar-refractivity contribution >= 4 is 30.7 Å². The highest BCUT2D eigenvalue weighted by Gasteiger charge is 2.49. The molecule has 1 fully saturated rings. The molecule has 0 atom stereocenters. The van der Waals surface area contributed by atoms with E-state index in [9.17, 15) is 9.59 Å². The normalized spacial score (nSPS) is 14.6. The van der Waals surface area contributed by atoms with E-state index in [1.807, 2.05) is 12.1 Å². The molecule has 1 heterocycles. The standard InChI is InChI=1S/C24H31NO4Si/c1-24(2,3)30(20-12-6-4-7-13-20,21-14-8-5-9-15-21)29-18-11-10-16-22(26)25-17-19-28-23(25)27/h4-9,12-15H,10-11,16-19H2,1-3H3. The molecule has 0 aliphatic carbocycles. The third-order valence-electron chi connectivity index (χ3n) is 5.58. The Morgan fingerprint density at radius 1 is 1.00 bits per heavy atom. The van der Waals surface area contributed by atoms with Gasteiger partial charge in [-0.1, -0.05) is 81.4 Å². The van der Waals surface area contributed by atoms with Crippen LogP contribution < -0.4 is 10.4 Å². The van der Waals surface area contributed by atoms with Gasteiger partial charge in [0.25, 0.3) is 8.32 Å². The molecule has 1 aliphatic heterocycles. The van der Waals surface area contributed by atoms with Crippen LogP contribution in [-0.4, -0.2) is 45.0 Å². The minimum Gasteiger partial charge on any atom is -0.447 e. The lowest BCUT2D eigenvalue weighted by Crippen LogP contribution is -2.66. The van der Waals surface area contributed by atoms with Crippen LogP contribution in [0.25, 0.3) is 0 Å².